The summed E-state index contributed by atoms with van der Waals surface area (Å²) in [5.74, 6) is -0.256. The summed E-state index contributed by atoms with van der Waals surface area (Å²) in [6.45, 7) is 0.0277. The van der Waals surface area contributed by atoms with Gasteiger partial charge in [0.1, 0.15) is 6.07 Å². The van der Waals surface area contributed by atoms with Gasteiger partial charge in [-0.15, -0.1) is 0 Å². The normalized spacial score (nSPS) is 24.1. The summed E-state index contributed by atoms with van der Waals surface area (Å²) in [6.07, 6.45) is 0. The van der Waals surface area contributed by atoms with Crippen molar-refractivity contribution in [2.75, 3.05) is 6.61 Å². The lowest BCUT2D eigenvalue weighted by molar-refractivity contribution is 0.102. The highest BCUT2D eigenvalue weighted by Gasteiger charge is 2.36. The van der Waals surface area contributed by atoms with Crippen molar-refractivity contribution in [1.82, 2.24) is 0 Å². The van der Waals surface area contributed by atoms with Crippen LogP contribution >= 0.6 is 15.9 Å². The number of nitriles is 1. The second-order valence-electron chi connectivity index (χ2n) is 2.80. The minimum Gasteiger partial charge on any atom is -0.483 e. The number of ether oxygens (including phenoxy) is 2. The Bertz CT molecular complexity index is 418. The second kappa shape index (κ2) is 3.14. The molecule has 0 amide bonds. The topological polar surface area (TPSA) is 42.2 Å². The Morgan fingerprint density at radius 2 is 2.36 bits per heavy atom. The summed E-state index contributed by atoms with van der Waals surface area (Å²) in [6, 6.07) is 6.20. The Balaban J connectivity index is 2.44. The first kappa shape index (κ1) is 9.28. The van der Waals surface area contributed by atoms with Crippen LogP contribution in [0.25, 0.3) is 0 Å². The van der Waals surface area contributed by atoms with E-state index in [-0.39, 0.29) is 12.4 Å². The zero-order valence-electron chi connectivity index (χ0n) is 6.96. The van der Waals surface area contributed by atoms with Crippen molar-refractivity contribution in [3.63, 3.8) is 0 Å². The second-order valence-corrected chi connectivity index (χ2v) is 4.08. The number of hydrogen-bond acceptors (Lipinski definition) is 3. The molecule has 1 heterocycles. The largest absolute Gasteiger partial charge is 0.483 e. The Morgan fingerprint density at radius 3 is 3.07 bits per heavy atom. The van der Waals surface area contributed by atoms with Crippen LogP contribution in [0.5, 0.6) is 11.5 Å². The molecule has 0 radical (unpaired) electrons. The molecule has 14 heavy (non-hydrogen) atoms. The first-order chi connectivity index (χ1) is 6.64. The fourth-order valence-electron chi connectivity index (χ4n) is 1.12. The van der Waals surface area contributed by atoms with Crippen LogP contribution in [0.15, 0.2) is 18.2 Å². The third-order valence-electron chi connectivity index (χ3n) is 1.77. The van der Waals surface area contributed by atoms with E-state index in [0.29, 0.717) is 5.75 Å². The highest BCUT2D eigenvalue weighted by molar-refractivity contribution is 9.10. The van der Waals surface area contributed by atoms with E-state index < -0.39 is 10.3 Å². The molecule has 0 fully saturated rings. The van der Waals surface area contributed by atoms with Crippen LogP contribution in [-0.4, -0.2) is 11.1 Å². The van der Waals surface area contributed by atoms with Crippen molar-refractivity contribution >= 4 is 15.9 Å². The van der Waals surface area contributed by atoms with E-state index in [1.165, 1.54) is 12.1 Å². The quantitative estimate of drug-likeness (QED) is 0.670. The van der Waals surface area contributed by atoms with Crippen LogP contribution in [0.2, 0.25) is 0 Å². The van der Waals surface area contributed by atoms with E-state index >= 15 is 0 Å². The highest BCUT2D eigenvalue weighted by Crippen LogP contribution is 2.39. The third-order valence-corrected chi connectivity index (χ3v) is 2.34. The van der Waals surface area contributed by atoms with Crippen LogP contribution in [0.1, 0.15) is 0 Å². The predicted octanol–water partition coefficient (Wildman–Crippen LogP) is 2.21. The van der Waals surface area contributed by atoms with Gasteiger partial charge in [0.2, 0.25) is 0 Å². The van der Waals surface area contributed by atoms with Gasteiger partial charge in [-0.1, -0.05) is 6.07 Å². The molecule has 0 bridgehead atoms. The Kier molecular flexibility index (Phi) is 2.08. The van der Waals surface area contributed by atoms with Gasteiger partial charge in [0.05, 0.1) is 0 Å². The van der Waals surface area contributed by atoms with Gasteiger partial charge in [-0.25, -0.2) is 4.39 Å². The summed E-state index contributed by atoms with van der Waals surface area (Å²) in [7, 11) is 0. The predicted molar refractivity (Wildman–Crippen MR) is 49.8 cm³/mol. The molecule has 1 aromatic carbocycles. The lowest BCUT2D eigenvalue weighted by atomic mass is 10.2. The van der Waals surface area contributed by atoms with E-state index in [4.69, 9.17) is 14.7 Å². The number of nitrogens with zero attached hydrogens (tertiary/aromatic N) is 1. The monoisotopic (exact) mass is 257 g/mol. The molecule has 5 heteroatoms. The summed E-state index contributed by atoms with van der Waals surface area (Å²) < 4.78 is 22.3. The Labute approximate surface area is 88.2 Å². The van der Waals surface area contributed by atoms with Gasteiger partial charge in [0.25, 0.3) is 4.51 Å². The van der Waals surface area contributed by atoms with E-state index in [2.05, 4.69) is 15.9 Å². The Hall–Kier alpha value is -1.28. The minimum atomic E-state index is -1.29. The van der Waals surface area contributed by atoms with Crippen LogP contribution in [0, 0.1) is 17.1 Å². The molecular formula is C9H5BrFNO2. The van der Waals surface area contributed by atoms with Crippen molar-refractivity contribution in [1.29, 1.82) is 5.26 Å². The van der Waals surface area contributed by atoms with Gasteiger partial charge in [-0.2, -0.15) is 5.26 Å². The van der Waals surface area contributed by atoms with E-state index in [1.54, 1.807) is 6.07 Å². The molecule has 1 atom stereocenters. The minimum absolute atomic E-state index is 0.0277. The van der Waals surface area contributed by atoms with Gasteiger partial charge in [0, 0.05) is 0 Å². The van der Waals surface area contributed by atoms with Gasteiger partial charge >= 0.3 is 0 Å². The molecule has 0 saturated heterocycles. The maximum atomic E-state index is 13.2. The van der Waals surface area contributed by atoms with Crippen molar-refractivity contribution in [2.45, 2.75) is 4.51 Å². The summed E-state index contributed by atoms with van der Waals surface area (Å²) in [5, 5.41) is 8.74. The maximum absolute atomic E-state index is 13.2. The molecule has 1 unspecified atom stereocenters. The molecule has 0 N–H and O–H groups in total. The molecule has 2 rings (SSSR count). The SMILES string of the molecule is N#CC1(Br)COc2cccc(F)c2O1. The first-order valence-electron chi connectivity index (χ1n) is 3.85. The fraction of sp³-hybridized carbons (Fsp3) is 0.222. The smallest absolute Gasteiger partial charge is 0.282 e. The van der Waals surface area contributed by atoms with E-state index in [1.807, 2.05) is 6.07 Å². The lowest BCUT2D eigenvalue weighted by Gasteiger charge is -2.28. The molecule has 0 aliphatic carbocycles. The zero-order valence-corrected chi connectivity index (χ0v) is 8.54. The van der Waals surface area contributed by atoms with Crippen molar-refractivity contribution in [2.24, 2.45) is 0 Å². The molecule has 3 nitrogen and oxygen atoms in total. The molecule has 0 aromatic heterocycles. The average Bonchev–Trinajstić information content (AvgIpc) is 2.20. The number of hydrogen-bond donors (Lipinski definition) is 0. The maximum Gasteiger partial charge on any atom is 0.282 e. The molecule has 1 aromatic rings. The van der Waals surface area contributed by atoms with Gasteiger partial charge < -0.3 is 9.47 Å². The van der Waals surface area contributed by atoms with E-state index in [0.717, 1.165) is 0 Å². The summed E-state index contributed by atoms with van der Waals surface area (Å²) in [4.78, 5) is 0. The van der Waals surface area contributed by atoms with Crippen LogP contribution in [-0.2, 0) is 0 Å². The number of alkyl halides is 1. The number of benzene rings is 1. The van der Waals surface area contributed by atoms with Crippen molar-refractivity contribution in [3.05, 3.63) is 24.0 Å². The van der Waals surface area contributed by atoms with Crippen LogP contribution in [0.3, 0.4) is 0 Å². The molecule has 0 saturated carbocycles. The molecular weight excluding hydrogens is 253 g/mol. The molecule has 72 valence electrons. The van der Waals surface area contributed by atoms with E-state index in [9.17, 15) is 4.39 Å². The zero-order chi connectivity index (χ0) is 10.2. The van der Waals surface area contributed by atoms with Gasteiger partial charge in [-0.05, 0) is 28.1 Å². The number of para-hydroxylation sites is 1. The van der Waals surface area contributed by atoms with Crippen molar-refractivity contribution in [3.8, 4) is 17.6 Å². The summed E-state index contributed by atoms with van der Waals surface area (Å²) in [5.41, 5.74) is 0. The highest BCUT2D eigenvalue weighted by atomic mass is 79.9. The summed E-state index contributed by atoms with van der Waals surface area (Å²) >= 11 is 3.02. The first-order valence-corrected chi connectivity index (χ1v) is 4.64. The van der Waals surface area contributed by atoms with Gasteiger partial charge in [-0.3, -0.25) is 0 Å². The lowest BCUT2D eigenvalue weighted by Crippen LogP contribution is -2.37. The molecule has 1 aliphatic rings. The third kappa shape index (κ3) is 1.42. The number of halogens is 2. The number of rotatable bonds is 0. The van der Waals surface area contributed by atoms with Crippen LogP contribution < -0.4 is 9.47 Å². The van der Waals surface area contributed by atoms with Crippen molar-refractivity contribution < 1.29 is 13.9 Å². The fourth-order valence-corrected chi connectivity index (χ4v) is 1.40. The standard InChI is InChI=1S/C9H5BrFNO2/c10-9(4-12)5-13-7-3-1-2-6(11)8(7)14-9/h1-3H,5H2. The average molecular weight is 258 g/mol. The Morgan fingerprint density at radius 1 is 1.57 bits per heavy atom. The molecule has 0 spiro atoms. The van der Waals surface area contributed by atoms with Gasteiger partial charge in [0.15, 0.2) is 23.9 Å². The number of fused-ring (bicyclic) bond motifs is 1. The molecule has 1 aliphatic heterocycles. The van der Waals surface area contributed by atoms with Crippen LogP contribution in [0.4, 0.5) is 4.39 Å².